The van der Waals surface area contributed by atoms with Crippen LogP contribution in [0.5, 0.6) is 0 Å². The maximum absolute atomic E-state index is 11.8. The van der Waals surface area contributed by atoms with Gasteiger partial charge in [-0.05, 0) is 261 Å². The van der Waals surface area contributed by atoms with Crippen LogP contribution in [0.15, 0.2) is 36.5 Å². The number of allylic oxidation sites excluding steroid dienone is 3. The molecule has 0 amide bonds. The van der Waals surface area contributed by atoms with Crippen molar-refractivity contribution < 1.29 is 38.1 Å². The minimum absolute atomic E-state index is 0.141. The highest BCUT2D eigenvalue weighted by molar-refractivity contribution is 6.74. The molecule has 8 nitrogen and oxygen atoms in total. The lowest BCUT2D eigenvalue weighted by Gasteiger charge is -2.57. The summed E-state index contributed by atoms with van der Waals surface area (Å²) in [6.07, 6.45) is 25.7. The molecule has 2 N–H and O–H groups in total. The number of hydrogen-bond acceptors (Lipinski definition) is 8. The summed E-state index contributed by atoms with van der Waals surface area (Å²) in [5.41, 5.74) is 5.63. The molecule has 9 saturated carbocycles. The molecular formula is C79H140O8Si2. The molecule has 0 bridgehead atoms. The van der Waals surface area contributed by atoms with Crippen molar-refractivity contribution >= 4 is 28.6 Å². The van der Waals surface area contributed by atoms with Gasteiger partial charge in [0.1, 0.15) is 0 Å². The van der Waals surface area contributed by atoms with Crippen LogP contribution in [0.2, 0.25) is 36.3 Å². The highest BCUT2D eigenvalue weighted by atomic mass is 28.4. The van der Waals surface area contributed by atoms with Gasteiger partial charge in [-0.15, -0.1) is 0 Å². The molecule has 512 valence electrons. The molecule has 0 aromatic heterocycles. The van der Waals surface area contributed by atoms with Gasteiger partial charge in [-0.25, -0.2) is 0 Å². The van der Waals surface area contributed by atoms with Gasteiger partial charge in [0.25, 0.3) is 0 Å². The van der Waals surface area contributed by atoms with Crippen molar-refractivity contribution in [2.24, 2.45) is 121 Å². The molecule has 9 aliphatic rings. The van der Waals surface area contributed by atoms with Crippen molar-refractivity contribution in [1.82, 2.24) is 0 Å². The summed E-state index contributed by atoms with van der Waals surface area (Å²) in [4.78, 5) is 23.4. The number of aliphatic hydroxyl groups excluding tert-OH is 2. The van der Waals surface area contributed by atoms with E-state index >= 15 is 0 Å². The molecule has 9 fully saturated rings. The summed E-state index contributed by atoms with van der Waals surface area (Å²) < 4.78 is 25.0. The van der Waals surface area contributed by atoms with Gasteiger partial charge in [0, 0.05) is 52.1 Å². The van der Waals surface area contributed by atoms with Crippen LogP contribution >= 0.6 is 0 Å². The van der Waals surface area contributed by atoms with Crippen molar-refractivity contribution in [2.45, 2.75) is 289 Å². The van der Waals surface area contributed by atoms with E-state index in [9.17, 15) is 19.8 Å². The van der Waals surface area contributed by atoms with Crippen molar-refractivity contribution in [3.8, 4) is 0 Å². The Labute approximate surface area is 549 Å². The van der Waals surface area contributed by atoms with Gasteiger partial charge in [0.15, 0.2) is 16.6 Å². The molecule has 6 unspecified atom stereocenters. The molecule has 0 aliphatic heterocycles. The molecule has 10 heteroatoms. The van der Waals surface area contributed by atoms with Crippen LogP contribution in [0.1, 0.15) is 253 Å². The maximum Gasteiger partial charge on any atom is 0.302 e. The zero-order chi connectivity index (χ0) is 66.5. The topological polar surface area (TPSA) is 112 Å². The lowest BCUT2D eigenvalue weighted by atomic mass is 9.49. The number of hydrogen-bond donors (Lipinski definition) is 2. The van der Waals surface area contributed by atoms with E-state index < -0.39 is 16.6 Å². The average Bonchev–Trinajstić information content (AvgIpc) is 1.86. The van der Waals surface area contributed by atoms with Gasteiger partial charge >= 0.3 is 11.9 Å². The smallest absolute Gasteiger partial charge is 0.302 e. The van der Waals surface area contributed by atoms with E-state index in [0.717, 1.165) is 50.7 Å². The van der Waals surface area contributed by atoms with Gasteiger partial charge in [-0.2, -0.15) is 0 Å². The number of rotatable bonds is 15. The molecule has 0 saturated heterocycles. The summed E-state index contributed by atoms with van der Waals surface area (Å²) in [7, 11) is -3.55. The highest BCUT2D eigenvalue weighted by Gasteiger charge is 2.61. The Balaban J connectivity index is 0.000000191. The van der Waals surface area contributed by atoms with Crippen molar-refractivity contribution in [1.29, 1.82) is 0 Å². The fourth-order valence-corrected chi connectivity index (χ4v) is 23.5. The van der Waals surface area contributed by atoms with Crippen LogP contribution in [0, 0.1) is 121 Å². The molecule has 0 aromatic rings. The molecule has 9 aliphatic carbocycles. The first-order valence-corrected chi connectivity index (χ1v) is 42.7. The van der Waals surface area contributed by atoms with E-state index in [4.69, 9.17) is 18.3 Å². The fourth-order valence-electron chi connectivity index (χ4n) is 21.4. The monoisotopic (exact) mass is 1270 g/mol. The van der Waals surface area contributed by atoms with E-state index in [1.54, 1.807) is 6.92 Å². The first-order valence-electron chi connectivity index (χ1n) is 36.9. The minimum atomic E-state index is -1.79. The Bertz CT molecular complexity index is 2450. The van der Waals surface area contributed by atoms with E-state index in [1.807, 2.05) is 0 Å². The Morgan fingerprint density at radius 1 is 0.438 bits per heavy atom. The van der Waals surface area contributed by atoms with Crippen LogP contribution in [-0.4, -0.2) is 78.4 Å². The third-order valence-electron chi connectivity index (χ3n) is 30.4. The Morgan fingerprint density at radius 2 is 0.730 bits per heavy atom. The highest BCUT2D eigenvalue weighted by Crippen LogP contribution is 2.67. The molecule has 0 heterocycles. The van der Waals surface area contributed by atoms with Gasteiger partial charge in [0.2, 0.25) is 0 Å². The van der Waals surface area contributed by atoms with E-state index in [-0.39, 0.29) is 61.1 Å². The summed E-state index contributed by atoms with van der Waals surface area (Å²) in [5.74, 6) is 8.24. The summed E-state index contributed by atoms with van der Waals surface area (Å²) >= 11 is 0. The van der Waals surface area contributed by atoms with Gasteiger partial charge in [0.05, 0.1) is 13.2 Å². The SMILES string of the molecule is C=C1CCC2[C@H](CO)C([C@@]3(C)CC[C@H](C)C[C@@H]3CO[Si](C)(C)C(C)(C)C)CC[C@]12C.C=C1CCC2[C@H](COC(C)=O)C([C@@]3(C)CC[C@H](C)C[C@@H]3CO)CC[C@]12C.C=C1CCC2[C@H](COC(C)=O)C([C@@]3(C)CC[C@H](C)C[C@@H]3CO[Si](C)(C)C(C)(C)C)CC[C@]12C. The number of carbonyl (C=O) groups excluding carboxylic acids is 2. The van der Waals surface area contributed by atoms with Crippen LogP contribution in [0.3, 0.4) is 0 Å². The van der Waals surface area contributed by atoms with Crippen LogP contribution in [0.25, 0.3) is 0 Å². The predicted octanol–water partition coefficient (Wildman–Crippen LogP) is 20.4. The zero-order valence-electron chi connectivity index (χ0n) is 61.7. The van der Waals surface area contributed by atoms with Gasteiger partial charge < -0.3 is 28.5 Å². The second-order valence-corrected chi connectivity index (χ2v) is 46.9. The van der Waals surface area contributed by atoms with Crippen LogP contribution in [0.4, 0.5) is 0 Å². The van der Waals surface area contributed by atoms with Gasteiger partial charge in [-0.1, -0.05) is 160 Å². The molecule has 21 atom stereocenters. The number of esters is 2. The van der Waals surface area contributed by atoms with Crippen LogP contribution in [-0.2, 0) is 27.9 Å². The zero-order valence-corrected chi connectivity index (χ0v) is 63.7. The quantitative estimate of drug-likeness (QED) is 0.0948. The summed E-state index contributed by atoms with van der Waals surface area (Å²) in [6.45, 7) is 65.5. The lowest BCUT2D eigenvalue weighted by molar-refractivity contribution is -0.150. The lowest BCUT2D eigenvalue weighted by Crippen LogP contribution is -2.52. The van der Waals surface area contributed by atoms with E-state index in [0.29, 0.717) is 96.8 Å². The largest absolute Gasteiger partial charge is 0.466 e. The number of ether oxygens (including phenoxy) is 2. The fraction of sp³-hybridized carbons (Fsp3) is 0.899. The number of fused-ring (bicyclic) bond motifs is 3. The molecule has 0 aromatic carbocycles. The Morgan fingerprint density at radius 3 is 1.02 bits per heavy atom. The molecule has 0 radical (unpaired) electrons. The molecule has 9 rings (SSSR count). The van der Waals surface area contributed by atoms with Crippen molar-refractivity contribution in [3.63, 3.8) is 0 Å². The molecular weight excluding hydrogens is 1130 g/mol. The first-order chi connectivity index (χ1) is 41.1. The Kier molecular flexibility index (Phi) is 23.8. The first kappa shape index (κ1) is 74.8. The third kappa shape index (κ3) is 15.2. The average molecular weight is 1270 g/mol. The summed E-state index contributed by atoms with van der Waals surface area (Å²) in [6, 6.07) is 0. The maximum atomic E-state index is 11.8. The van der Waals surface area contributed by atoms with Gasteiger partial charge in [-0.3, -0.25) is 9.59 Å². The summed E-state index contributed by atoms with van der Waals surface area (Å²) in [5, 5.41) is 21.3. The van der Waals surface area contributed by atoms with E-state index in [2.05, 4.69) is 150 Å². The van der Waals surface area contributed by atoms with Crippen LogP contribution < -0.4 is 0 Å². The van der Waals surface area contributed by atoms with Crippen molar-refractivity contribution in [2.75, 3.05) is 39.6 Å². The normalized spacial score (nSPS) is 42.7. The molecule has 89 heavy (non-hydrogen) atoms. The van der Waals surface area contributed by atoms with Crippen molar-refractivity contribution in [3.05, 3.63) is 36.5 Å². The number of aliphatic hydroxyl groups is 2. The predicted molar refractivity (Wildman–Crippen MR) is 376 cm³/mol. The third-order valence-corrected chi connectivity index (χ3v) is 39.4. The standard InChI is InChI=1S/C29H52O3Si.C27H50O2Si.C23H38O3/c1-20-13-15-29(8,23(17-20)18-32-33(9,10)27(4,5)6)26-14-16-28(7)21(2)11-12-25(28)24(26)19-31-22(3)30;1-19-12-14-27(7,21(16-19)18-29-30(8,9)25(3,4)5)24-13-15-26(6)20(2)10-11-23(26)22(24)17-28;1-15-8-10-23(5,18(12-15)13-24)21-9-11-22(4)16(2)6-7-20(22)19(21)14-26-17(3)25/h20,23-26H,2,11-19H2,1,3-10H3;19,21-24,28H,2,10-18H2,1,3-9H3;15,18-21,24H,2,6-14H2,1,3-5H3/t20-,23+,24-,25?,26?,28+,29-;19-,21+,22-,23?,24?,26+,27-;15-,18+,19-,20?,21?,22+,23-/m000/s1. The van der Waals surface area contributed by atoms with E-state index in [1.165, 1.54) is 133 Å². The minimum Gasteiger partial charge on any atom is -0.466 e. The second-order valence-electron chi connectivity index (χ2n) is 37.3. The Hall–Kier alpha value is -1.57. The second kappa shape index (κ2) is 28.3. The number of carbonyl (C=O) groups is 2. The molecule has 0 spiro atoms.